The molecule has 26 heavy (non-hydrogen) atoms. The van der Waals surface area contributed by atoms with Crippen molar-refractivity contribution in [3.8, 4) is 6.07 Å². The van der Waals surface area contributed by atoms with Crippen LogP contribution in [0, 0.1) is 18.3 Å². The first-order valence-electron chi connectivity index (χ1n) is 8.18. The van der Waals surface area contributed by atoms with Crippen molar-refractivity contribution in [1.82, 2.24) is 19.7 Å². The van der Waals surface area contributed by atoms with Crippen LogP contribution in [-0.4, -0.2) is 37.2 Å². The lowest BCUT2D eigenvalue weighted by atomic mass is 10.1. The molecule has 1 aliphatic carbocycles. The lowest BCUT2D eigenvalue weighted by molar-refractivity contribution is -0.118. The predicted octanol–water partition coefficient (Wildman–Crippen LogP) is 1.76. The van der Waals surface area contributed by atoms with Gasteiger partial charge < -0.3 is 10.3 Å². The lowest BCUT2D eigenvalue weighted by Crippen LogP contribution is -2.15. The Labute approximate surface area is 158 Å². The van der Waals surface area contributed by atoms with Gasteiger partial charge in [0.15, 0.2) is 16.9 Å². The number of nitriles is 1. The molecule has 0 aromatic carbocycles. The van der Waals surface area contributed by atoms with Crippen molar-refractivity contribution in [3.63, 3.8) is 0 Å². The fourth-order valence-corrected chi connectivity index (χ4v) is 4.29. The summed E-state index contributed by atoms with van der Waals surface area (Å²) in [5.41, 5.74) is 6.02. The summed E-state index contributed by atoms with van der Waals surface area (Å²) < 4.78 is 2.00. The fraction of sp³-hybridized carbons (Fsp3) is 0.500. The number of aromatic nitrogens is 4. The van der Waals surface area contributed by atoms with Crippen LogP contribution in [0.1, 0.15) is 47.7 Å². The Morgan fingerprint density at radius 3 is 2.85 bits per heavy atom. The molecule has 2 N–H and O–H groups in total. The standard InChI is InChI=1S/C16H18N6O2S2/c1-9-7-25-15(19-9)11(6-17)12(23)8-26-16-21-20-14(5-4-13(18)24)22(16)10-2-3-10/h7,10-11H,2-5,8H2,1H3,(H2,18,24). The number of thioether (sulfide) groups is 1. The molecule has 2 aromatic heterocycles. The second kappa shape index (κ2) is 7.97. The van der Waals surface area contributed by atoms with Gasteiger partial charge in [0.05, 0.1) is 11.8 Å². The largest absolute Gasteiger partial charge is 0.370 e. The fourth-order valence-electron chi connectivity index (χ4n) is 2.50. The minimum Gasteiger partial charge on any atom is -0.370 e. The summed E-state index contributed by atoms with van der Waals surface area (Å²) in [6, 6.07) is 2.36. The highest BCUT2D eigenvalue weighted by Crippen LogP contribution is 2.39. The number of thiazole rings is 1. The van der Waals surface area contributed by atoms with Gasteiger partial charge in [-0.15, -0.1) is 21.5 Å². The van der Waals surface area contributed by atoms with Crippen molar-refractivity contribution in [3.05, 3.63) is 21.9 Å². The van der Waals surface area contributed by atoms with Gasteiger partial charge in [0, 0.05) is 30.0 Å². The predicted molar refractivity (Wildman–Crippen MR) is 96.7 cm³/mol. The van der Waals surface area contributed by atoms with Crippen LogP contribution in [-0.2, 0) is 16.0 Å². The summed E-state index contributed by atoms with van der Waals surface area (Å²) in [7, 11) is 0. The Morgan fingerprint density at radius 2 is 2.27 bits per heavy atom. The Balaban J connectivity index is 1.68. The molecule has 0 saturated heterocycles. The SMILES string of the molecule is Cc1csc(C(C#N)C(=O)CSc2nnc(CCC(N)=O)n2C2CC2)n1. The molecule has 0 spiro atoms. The molecule has 1 saturated carbocycles. The van der Waals surface area contributed by atoms with Gasteiger partial charge in [0.2, 0.25) is 5.91 Å². The minimum atomic E-state index is -0.854. The van der Waals surface area contributed by atoms with Gasteiger partial charge >= 0.3 is 0 Å². The number of nitrogens with two attached hydrogens (primary N) is 1. The number of aryl methyl sites for hydroxylation is 2. The molecule has 0 bridgehead atoms. The molecule has 136 valence electrons. The summed E-state index contributed by atoms with van der Waals surface area (Å²) in [5, 5.41) is 20.7. The van der Waals surface area contributed by atoms with Gasteiger partial charge in [0.1, 0.15) is 10.8 Å². The van der Waals surface area contributed by atoms with E-state index in [0.29, 0.717) is 28.5 Å². The Morgan fingerprint density at radius 1 is 1.50 bits per heavy atom. The highest BCUT2D eigenvalue weighted by molar-refractivity contribution is 7.99. The summed E-state index contributed by atoms with van der Waals surface area (Å²) in [6.45, 7) is 1.83. The van der Waals surface area contributed by atoms with E-state index >= 15 is 0 Å². The summed E-state index contributed by atoms with van der Waals surface area (Å²) in [5.74, 6) is -0.593. The first-order valence-corrected chi connectivity index (χ1v) is 10.1. The second-order valence-electron chi connectivity index (χ2n) is 6.11. The quantitative estimate of drug-likeness (QED) is 0.646. The van der Waals surface area contributed by atoms with Crippen LogP contribution in [0.5, 0.6) is 0 Å². The molecule has 8 nitrogen and oxygen atoms in total. The number of nitrogens with zero attached hydrogens (tertiary/aromatic N) is 5. The summed E-state index contributed by atoms with van der Waals surface area (Å²) in [4.78, 5) is 27.7. The van der Waals surface area contributed by atoms with Crippen molar-refractivity contribution in [1.29, 1.82) is 5.26 Å². The highest BCUT2D eigenvalue weighted by Gasteiger charge is 2.30. The molecule has 1 amide bonds. The number of carbonyl (C=O) groups is 2. The van der Waals surface area contributed by atoms with Gasteiger partial charge in [-0.2, -0.15) is 5.26 Å². The molecule has 0 radical (unpaired) electrons. The normalized spacial score (nSPS) is 14.8. The van der Waals surface area contributed by atoms with E-state index in [1.54, 1.807) is 0 Å². The third-order valence-electron chi connectivity index (χ3n) is 3.92. The van der Waals surface area contributed by atoms with Gasteiger partial charge in [-0.3, -0.25) is 9.59 Å². The first kappa shape index (κ1) is 18.5. The van der Waals surface area contributed by atoms with Crippen molar-refractivity contribution >= 4 is 34.8 Å². The topological polar surface area (TPSA) is 128 Å². The number of Topliss-reactive ketones (excluding diaryl/α,β-unsaturated/α-hetero) is 1. The number of hydrogen-bond donors (Lipinski definition) is 1. The van der Waals surface area contributed by atoms with Gasteiger partial charge in [-0.1, -0.05) is 11.8 Å². The molecule has 1 aliphatic rings. The van der Waals surface area contributed by atoms with Crippen LogP contribution in [0.25, 0.3) is 0 Å². The summed E-state index contributed by atoms with van der Waals surface area (Å²) >= 11 is 2.60. The maximum atomic E-state index is 12.5. The molecule has 2 heterocycles. The lowest BCUT2D eigenvalue weighted by Gasteiger charge is -2.09. The monoisotopic (exact) mass is 390 g/mol. The van der Waals surface area contributed by atoms with Gasteiger partial charge in [0.25, 0.3) is 0 Å². The maximum Gasteiger partial charge on any atom is 0.217 e. The Bertz CT molecular complexity index is 864. The molecular weight excluding hydrogens is 372 g/mol. The minimum absolute atomic E-state index is 0.123. The van der Waals surface area contributed by atoms with E-state index in [2.05, 4.69) is 15.2 Å². The van der Waals surface area contributed by atoms with Gasteiger partial charge in [-0.25, -0.2) is 4.98 Å². The first-order chi connectivity index (χ1) is 12.5. The zero-order valence-corrected chi connectivity index (χ0v) is 15.8. The van der Waals surface area contributed by atoms with Crippen LogP contribution in [0.4, 0.5) is 0 Å². The average molecular weight is 390 g/mol. The van der Waals surface area contributed by atoms with E-state index < -0.39 is 5.92 Å². The van der Waals surface area contributed by atoms with E-state index in [1.165, 1.54) is 23.1 Å². The van der Waals surface area contributed by atoms with Crippen molar-refractivity contribution in [2.75, 3.05) is 5.75 Å². The molecule has 2 aromatic rings. The van der Waals surface area contributed by atoms with Gasteiger partial charge in [-0.05, 0) is 19.8 Å². The van der Waals surface area contributed by atoms with Crippen LogP contribution in [0.2, 0.25) is 0 Å². The number of carbonyl (C=O) groups excluding carboxylic acids is 2. The van der Waals surface area contributed by atoms with E-state index in [-0.39, 0.29) is 23.9 Å². The van der Waals surface area contributed by atoms with E-state index in [4.69, 9.17) is 5.73 Å². The van der Waals surface area contributed by atoms with Crippen molar-refractivity contribution in [2.24, 2.45) is 5.73 Å². The zero-order chi connectivity index (χ0) is 18.7. The van der Waals surface area contributed by atoms with Crippen LogP contribution < -0.4 is 5.73 Å². The van der Waals surface area contributed by atoms with Crippen LogP contribution in [0.3, 0.4) is 0 Å². The van der Waals surface area contributed by atoms with Crippen LogP contribution in [0.15, 0.2) is 10.5 Å². The number of rotatable bonds is 9. The number of ketones is 1. The van der Waals surface area contributed by atoms with Crippen molar-refractivity contribution in [2.45, 2.75) is 49.7 Å². The van der Waals surface area contributed by atoms with E-state index in [0.717, 1.165) is 18.5 Å². The van der Waals surface area contributed by atoms with Crippen molar-refractivity contribution < 1.29 is 9.59 Å². The Hall–Kier alpha value is -2.25. The number of primary amides is 1. The third-order valence-corrected chi connectivity index (χ3v) is 5.91. The summed E-state index contributed by atoms with van der Waals surface area (Å²) in [6.07, 6.45) is 2.71. The molecular formula is C16H18N6O2S2. The maximum absolute atomic E-state index is 12.5. The highest BCUT2D eigenvalue weighted by atomic mass is 32.2. The van der Waals surface area contributed by atoms with E-state index in [9.17, 15) is 14.9 Å². The second-order valence-corrected chi connectivity index (χ2v) is 7.94. The molecule has 1 fully saturated rings. The third kappa shape index (κ3) is 4.28. The molecule has 10 heteroatoms. The van der Waals surface area contributed by atoms with Crippen LogP contribution >= 0.6 is 23.1 Å². The molecule has 1 atom stereocenters. The molecule has 0 aliphatic heterocycles. The smallest absolute Gasteiger partial charge is 0.217 e. The molecule has 3 rings (SSSR count). The Kier molecular flexibility index (Phi) is 5.68. The number of hydrogen-bond acceptors (Lipinski definition) is 8. The van der Waals surface area contributed by atoms with E-state index in [1.807, 2.05) is 22.9 Å². The molecule has 1 unspecified atom stereocenters. The average Bonchev–Trinajstić information content (AvgIpc) is 3.22. The zero-order valence-electron chi connectivity index (χ0n) is 14.2. The number of amides is 1.